The molecule has 1 saturated heterocycles. The Bertz CT molecular complexity index is 238. The van der Waals surface area contributed by atoms with Crippen LogP contribution >= 0.6 is 0 Å². The molecule has 1 fully saturated rings. The van der Waals surface area contributed by atoms with E-state index in [1.165, 1.54) is 0 Å². The van der Waals surface area contributed by atoms with Gasteiger partial charge in [-0.05, 0) is 12.1 Å². The SMILES string of the molecule is O=C(O)CN1CCNCC1.c1cc[nH]c1. The standard InChI is InChI=1S/C6H12N2O2.C4H5N/c9-6(10)5-8-3-1-7-2-4-8;1-2-4-5-3-1/h7H,1-5H2,(H,9,10);1-5H. The molecule has 1 aliphatic heterocycles. The Labute approximate surface area is 89.1 Å². The smallest absolute Gasteiger partial charge is 0.317 e. The van der Waals surface area contributed by atoms with E-state index in [0.717, 1.165) is 26.2 Å². The maximum absolute atomic E-state index is 10.2. The van der Waals surface area contributed by atoms with Gasteiger partial charge in [0.15, 0.2) is 0 Å². The van der Waals surface area contributed by atoms with Crippen LogP contribution in [-0.4, -0.2) is 53.7 Å². The quantitative estimate of drug-likeness (QED) is 0.643. The van der Waals surface area contributed by atoms with Crippen molar-refractivity contribution in [3.05, 3.63) is 24.5 Å². The molecule has 0 aromatic carbocycles. The van der Waals surface area contributed by atoms with Crippen molar-refractivity contribution in [1.82, 2.24) is 15.2 Å². The summed E-state index contributed by atoms with van der Waals surface area (Å²) in [6.45, 7) is 3.71. The van der Waals surface area contributed by atoms with Gasteiger partial charge < -0.3 is 15.4 Å². The summed E-state index contributed by atoms with van der Waals surface area (Å²) in [5.41, 5.74) is 0. The van der Waals surface area contributed by atoms with E-state index in [1.807, 2.05) is 29.4 Å². The topological polar surface area (TPSA) is 68.4 Å². The van der Waals surface area contributed by atoms with Crippen LogP contribution in [0.2, 0.25) is 0 Å². The lowest BCUT2D eigenvalue weighted by Gasteiger charge is -2.25. The number of hydrogen-bond acceptors (Lipinski definition) is 3. The van der Waals surface area contributed by atoms with Crippen molar-refractivity contribution in [3.63, 3.8) is 0 Å². The van der Waals surface area contributed by atoms with E-state index in [-0.39, 0.29) is 6.54 Å². The molecular formula is C10H17N3O2. The van der Waals surface area contributed by atoms with Crippen LogP contribution in [0, 0.1) is 0 Å². The highest BCUT2D eigenvalue weighted by Crippen LogP contribution is 1.89. The van der Waals surface area contributed by atoms with Crippen LogP contribution < -0.4 is 5.32 Å². The number of nitrogens with one attached hydrogen (secondary N) is 2. The second-order valence-electron chi connectivity index (χ2n) is 3.30. The van der Waals surface area contributed by atoms with Crippen molar-refractivity contribution in [2.45, 2.75) is 0 Å². The first-order valence-corrected chi connectivity index (χ1v) is 5.01. The van der Waals surface area contributed by atoms with Gasteiger partial charge in [-0.15, -0.1) is 0 Å². The lowest BCUT2D eigenvalue weighted by molar-refractivity contribution is -0.138. The maximum atomic E-state index is 10.2. The fourth-order valence-corrected chi connectivity index (χ4v) is 1.34. The summed E-state index contributed by atoms with van der Waals surface area (Å²) in [4.78, 5) is 15.0. The summed E-state index contributed by atoms with van der Waals surface area (Å²) in [7, 11) is 0. The molecule has 5 nitrogen and oxygen atoms in total. The minimum absolute atomic E-state index is 0.182. The third-order valence-electron chi connectivity index (χ3n) is 2.06. The molecule has 1 aliphatic rings. The number of H-pyrrole nitrogens is 1. The van der Waals surface area contributed by atoms with Gasteiger partial charge in [0, 0.05) is 38.6 Å². The molecule has 5 heteroatoms. The van der Waals surface area contributed by atoms with Gasteiger partial charge in [-0.1, -0.05) is 0 Å². The zero-order valence-corrected chi connectivity index (χ0v) is 8.65. The molecule has 1 aromatic rings. The van der Waals surface area contributed by atoms with E-state index in [4.69, 9.17) is 5.11 Å². The average Bonchev–Trinajstić information content (AvgIpc) is 2.76. The molecule has 84 valence electrons. The van der Waals surface area contributed by atoms with Gasteiger partial charge in [0.2, 0.25) is 0 Å². The number of carboxylic acids is 1. The van der Waals surface area contributed by atoms with Crippen molar-refractivity contribution in [3.8, 4) is 0 Å². The summed E-state index contributed by atoms with van der Waals surface area (Å²) in [6, 6.07) is 3.89. The first-order chi connectivity index (χ1) is 7.29. The Morgan fingerprint density at radius 1 is 1.27 bits per heavy atom. The monoisotopic (exact) mass is 211 g/mol. The van der Waals surface area contributed by atoms with Crippen LogP contribution in [0.15, 0.2) is 24.5 Å². The first-order valence-electron chi connectivity index (χ1n) is 5.01. The number of hydrogen-bond donors (Lipinski definition) is 3. The average molecular weight is 211 g/mol. The molecule has 0 unspecified atom stereocenters. The van der Waals surface area contributed by atoms with Gasteiger partial charge in [0.25, 0.3) is 0 Å². The zero-order valence-electron chi connectivity index (χ0n) is 8.65. The van der Waals surface area contributed by atoms with Crippen LogP contribution in [0.3, 0.4) is 0 Å². The molecule has 0 atom stereocenters. The van der Waals surface area contributed by atoms with Crippen molar-refractivity contribution < 1.29 is 9.90 Å². The van der Waals surface area contributed by atoms with Crippen LogP contribution in [0.4, 0.5) is 0 Å². The molecular weight excluding hydrogens is 194 g/mol. The van der Waals surface area contributed by atoms with Crippen molar-refractivity contribution >= 4 is 5.97 Å². The van der Waals surface area contributed by atoms with Gasteiger partial charge in [0.05, 0.1) is 6.54 Å². The molecule has 0 bridgehead atoms. The van der Waals surface area contributed by atoms with Gasteiger partial charge in [-0.25, -0.2) is 0 Å². The van der Waals surface area contributed by atoms with Crippen LogP contribution in [0.5, 0.6) is 0 Å². The van der Waals surface area contributed by atoms with E-state index in [0.29, 0.717) is 0 Å². The number of nitrogens with zero attached hydrogens (tertiary/aromatic N) is 1. The third kappa shape index (κ3) is 5.87. The van der Waals surface area contributed by atoms with E-state index < -0.39 is 5.97 Å². The zero-order chi connectivity index (χ0) is 10.9. The van der Waals surface area contributed by atoms with Crippen molar-refractivity contribution in [2.75, 3.05) is 32.7 Å². The van der Waals surface area contributed by atoms with Crippen LogP contribution in [0.25, 0.3) is 0 Å². The first kappa shape index (κ1) is 11.7. The summed E-state index contributed by atoms with van der Waals surface area (Å²) < 4.78 is 0. The fourth-order valence-electron chi connectivity index (χ4n) is 1.34. The van der Waals surface area contributed by atoms with Gasteiger partial charge in [-0.3, -0.25) is 9.69 Å². The van der Waals surface area contributed by atoms with E-state index in [1.54, 1.807) is 0 Å². The van der Waals surface area contributed by atoms with E-state index in [9.17, 15) is 4.79 Å². The predicted octanol–water partition coefficient (Wildman–Crippen LogP) is -0.00910. The molecule has 2 heterocycles. The Morgan fingerprint density at radius 3 is 2.27 bits per heavy atom. The number of rotatable bonds is 2. The molecule has 0 radical (unpaired) electrons. The summed E-state index contributed by atoms with van der Waals surface area (Å²) in [5, 5.41) is 11.6. The largest absolute Gasteiger partial charge is 0.480 e. The lowest BCUT2D eigenvalue weighted by Crippen LogP contribution is -2.45. The highest BCUT2D eigenvalue weighted by atomic mass is 16.4. The summed E-state index contributed by atoms with van der Waals surface area (Å²) in [6.07, 6.45) is 3.75. The molecule has 0 amide bonds. The highest BCUT2D eigenvalue weighted by Gasteiger charge is 2.11. The Hall–Kier alpha value is -1.33. The third-order valence-corrected chi connectivity index (χ3v) is 2.06. The number of aromatic amines is 1. The molecule has 3 N–H and O–H groups in total. The second-order valence-corrected chi connectivity index (χ2v) is 3.30. The molecule has 0 aliphatic carbocycles. The number of aromatic nitrogens is 1. The predicted molar refractivity (Wildman–Crippen MR) is 57.7 cm³/mol. The Kier molecular flexibility index (Phi) is 5.50. The lowest BCUT2D eigenvalue weighted by atomic mass is 10.3. The van der Waals surface area contributed by atoms with E-state index in [2.05, 4.69) is 10.3 Å². The van der Waals surface area contributed by atoms with E-state index >= 15 is 0 Å². The van der Waals surface area contributed by atoms with Crippen LogP contribution in [0.1, 0.15) is 0 Å². The summed E-state index contributed by atoms with van der Waals surface area (Å²) in [5.74, 6) is -0.734. The number of carbonyl (C=O) groups is 1. The number of carboxylic acid groups (broad SMARTS) is 1. The highest BCUT2D eigenvalue weighted by molar-refractivity contribution is 5.69. The molecule has 0 spiro atoms. The molecule has 0 saturated carbocycles. The van der Waals surface area contributed by atoms with Gasteiger partial charge >= 0.3 is 5.97 Å². The Morgan fingerprint density at radius 2 is 1.87 bits per heavy atom. The normalized spacial score (nSPS) is 16.5. The number of aliphatic carboxylic acids is 1. The molecule has 1 aromatic heterocycles. The molecule has 2 rings (SSSR count). The number of piperazine rings is 1. The second kappa shape index (κ2) is 7.03. The van der Waals surface area contributed by atoms with Gasteiger partial charge in [-0.2, -0.15) is 0 Å². The maximum Gasteiger partial charge on any atom is 0.317 e. The minimum atomic E-state index is -0.734. The van der Waals surface area contributed by atoms with Crippen molar-refractivity contribution in [2.24, 2.45) is 0 Å². The Balaban J connectivity index is 0.000000187. The molecule has 15 heavy (non-hydrogen) atoms. The minimum Gasteiger partial charge on any atom is -0.480 e. The van der Waals surface area contributed by atoms with Crippen LogP contribution in [-0.2, 0) is 4.79 Å². The summed E-state index contributed by atoms with van der Waals surface area (Å²) >= 11 is 0. The van der Waals surface area contributed by atoms with Crippen molar-refractivity contribution in [1.29, 1.82) is 0 Å². The van der Waals surface area contributed by atoms with Gasteiger partial charge in [0.1, 0.15) is 0 Å². The fraction of sp³-hybridized carbons (Fsp3) is 0.500.